The molecule has 1 saturated heterocycles. The first kappa shape index (κ1) is 20.6. The Hall–Kier alpha value is -2.67. The highest BCUT2D eigenvalue weighted by Gasteiger charge is 2.26. The fraction of sp³-hybridized carbons (Fsp3) is 0.174. The van der Waals surface area contributed by atoms with E-state index in [0.717, 1.165) is 24.0 Å². The van der Waals surface area contributed by atoms with Crippen LogP contribution in [0.5, 0.6) is 0 Å². The van der Waals surface area contributed by atoms with Crippen LogP contribution in [-0.4, -0.2) is 31.7 Å². The summed E-state index contributed by atoms with van der Waals surface area (Å²) in [5, 5.41) is 3.44. The second kappa shape index (κ2) is 8.60. The number of benzene rings is 3. The molecular formula is C23H21ClN2O3S. The molecule has 1 aliphatic heterocycles. The largest absolute Gasteiger partial charge is 0.322 e. The first-order chi connectivity index (χ1) is 14.4. The van der Waals surface area contributed by atoms with Gasteiger partial charge in [-0.3, -0.25) is 4.79 Å². The molecule has 0 unspecified atom stereocenters. The number of hydrogen-bond donors (Lipinski definition) is 1. The third-order valence-electron chi connectivity index (χ3n) is 5.12. The molecule has 30 heavy (non-hydrogen) atoms. The van der Waals surface area contributed by atoms with Crippen LogP contribution < -0.4 is 5.32 Å². The minimum atomic E-state index is -3.44. The fourth-order valence-corrected chi connectivity index (χ4v) is 5.12. The first-order valence-electron chi connectivity index (χ1n) is 9.71. The van der Waals surface area contributed by atoms with Gasteiger partial charge in [0.1, 0.15) is 0 Å². The van der Waals surface area contributed by atoms with E-state index in [1.165, 1.54) is 4.31 Å². The lowest BCUT2D eigenvalue weighted by Gasteiger charge is -2.15. The Morgan fingerprint density at radius 1 is 0.867 bits per heavy atom. The van der Waals surface area contributed by atoms with Crippen LogP contribution in [0.25, 0.3) is 11.1 Å². The highest BCUT2D eigenvalue weighted by molar-refractivity contribution is 7.89. The van der Waals surface area contributed by atoms with E-state index in [4.69, 9.17) is 11.6 Å². The molecule has 3 aromatic rings. The summed E-state index contributed by atoms with van der Waals surface area (Å²) in [6, 6.07) is 20.9. The summed E-state index contributed by atoms with van der Waals surface area (Å²) in [5.41, 5.74) is 2.85. The van der Waals surface area contributed by atoms with Crippen molar-refractivity contribution in [2.24, 2.45) is 0 Å². The predicted molar refractivity (Wildman–Crippen MR) is 119 cm³/mol. The second-order valence-corrected chi connectivity index (χ2v) is 9.55. The molecule has 1 heterocycles. The Morgan fingerprint density at radius 2 is 1.53 bits per heavy atom. The molecule has 1 amide bonds. The number of carbonyl (C=O) groups excluding carboxylic acids is 1. The van der Waals surface area contributed by atoms with Crippen LogP contribution in [0.4, 0.5) is 5.69 Å². The monoisotopic (exact) mass is 440 g/mol. The molecule has 4 rings (SSSR count). The zero-order valence-electron chi connectivity index (χ0n) is 16.2. The summed E-state index contributed by atoms with van der Waals surface area (Å²) in [6.45, 7) is 1.16. The molecule has 0 radical (unpaired) electrons. The van der Waals surface area contributed by atoms with Crippen molar-refractivity contribution in [1.29, 1.82) is 0 Å². The number of carbonyl (C=O) groups is 1. The van der Waals surface area contributed by atoms with E-state index >= 15 is 0 Å². The van der Waals surface area contributed by atoms with Crippen molar-refractivity contribution < 1.29 is 13.2 Å². The lowest BCUT2D eigenvalue weighted by atomic mass is 10.0. The number of hydrogen-bond acceptors (Lipinski definition) is 3. The lowest BCUT2D eigenvalue weighted by molar-refractivity contribution is 0.102. The van der Waals surface area contributed by atoms with Crippen LogP contribution in [0.1, 0.15) is 23.2 Å². The van der Waals surface area contributed by atoms with Gasteiger partial charge in [-0.15, -0.1) is 0 Å². The summed E-state index contributed by atoms with van der Waals surface area (Å²) in [6.07, 6.45) is 1.81. The fourth-order valence-electron chi connectivity index (χ4n) is 3.47. The van der Waals surface area contributed by atoms with Crippen LogP contribution in [0.15, 0.2) is 77.7 Å². The number of nitrogens with zero attached hydrogens (tertiary/aromatic N) is 1. The van der Waals surface area contributed by atoms with E-state index in [1.54, 1.807) is 66.7 Å². The van der Waals surface area contributed by atoms with Crippen LogP contribution in [0, 0.1) is 0 Å². The molecule has 1 N–H and O–H groups in total. The van der Waals surface area contributed by atoms with Gasteiger partial charge in [0.05, 0.1) is 4.90 Å². The maximum absolute atomic E-state index is 12.7. The summed E-state index contributed by atoms with van der Waals surface area (Å²) >= 11 is 5.88. The Bertz CT molecular complexity index is 1150. The Balaban J connectivity index is 1.53. The number of anilines is 1. The zero-order valence-corrected chi connectivity index (χ0v) is 17.8. The Labute approximate surface area is 181 Å². The Kier molecular flexibility index (Phi) is 5.90. The smallest absolute Gasteiger partial charge is 0.255 e. The highest BCUT2D eigenvalue weighted by atomic mass is 35.5. The molecule has 1 aliphatic rings. The van der Waals surface area contributed by atoms with E-state index in [9.17, 15) is 13.2 Å². The summed E-state index contributed by atoms with van der Waals surface area (Å²) < 4.78 is 26.9. The number of rotatable bonds is 5. The molecule has 0 saturated carbocycles. The average Bonchev–Trinajstić information content (AvgIpc) is 3.31. The van der Waals surface area contributed by atoms with Crippen molar-refractivity contribution in [3.8, 4) is 11.1 Å². The number of halogens is 1. The quantitative estimate of drug-likeness (QED) is 0.604. The third-order valence-corrected chi connectivity index (χ3v) is 7.28. The molecule has 1 fully saturated rings. The van der Waals surface area contributed by atoms with Crippen molar-refractivity contribution in [2.45, 2.75) is 17.7 Å². The molecule has 7 heteroatoms. The molecule has 0 aliphatic carbocycles. The topological polar surface area (TPSA) is 66.5 Å². The molecule has 5 nitrogen and oxygen atoms in total. The van der Waals surface area contributed by atoms with Crippen LogP contribution in [-0.2, 0) is 10.0 Å². The summed E-state index contributed by atoms with van der Waals surface area (Å²) in [4.78, 5) is 12.9. The van der Waals surface area contributed by atoms with Crippen LogP contribution in [0.3, 0.4) is 0 Å². The summed E-state index contributed by atoms with van der Waals surface area (Å²) in [5.74, 6) is -0.229. The van der Waals surface area contributed by atoms with Gasteiger partial charge >= 0.3 is 0 Å². The van der Waals surface area contributed by atoms with E-state index in [0.29, 0.717) is 34.3 Å². The van der Waals surface area contributed by atoms with Crippen molar-refractivity contribution >= 4 is 33.2 Å². The third kappa shape index (κ3) is 4.41. The molecule has 0 atom stereocenters. The van der Waals surface area contributed by atoms with Gasteiger partial charge in [-0.1, -0.05) is 35.9 Å². The van der Waals surface area contributed by atoms with Gasteiger partial charge < -0.3 is 5.32 Å². The molecule has 0 aromatic heterocycles. The SMILES string of the molecule is O=C(Nc1ccc(Cl)cc1)c1cccc(-c2ccc(S(=O)(=O)N3CCCC3)cc2)c1. The van der Waals surface area contributed by atoms with Crippen molar-refractivity contribution in [3.63, 3.8) is 0 Å². The van der Waals surface area contributed by atoms with Crippen LogP contribution in [0.2, 0.25) is 5.02 Å². The van der Waals surface area contributed by atoms with Gasteiger partial charge in [0.25, 0.3) is 5.91 Å². The standard InChI is InChI=1S/C23H21ClN2O3S/c24-20-8-10-21(11-9-20)25-23(27)19-5-3-4-18(16-19)17-6-12-22(13-7-17)30(28,29)26-14-1-2-15-26/h3-13,16H,1-2,14-15H2,(H,25,27). The predicted octanol–water partition coefficient (Wildman–Crippen LogP) is 5.04. The molecule has 154 valence electrons. The number of sulfonamides is 1. The maximum Gasteiger partial charge on any atom is 0.255 e. The van der Waals surface area contributed by atoms with E-state index < -0.39 is 10.0 Å². The maximum atomic E-state index is 12.7. The zero-order chi connectivity index (χ0) is 21.1. The van der Waals surface area contributed by atoms with Gasteiger partial charge in [0.15, 0.2) is 0 Å². The van der Waals surface area contributed by atoms with Gasteiger partial charge in [0, 0.05) is 29.4 Å². The normalized spacial score (nSPS) is 14.6. The van der Waals surface area contributed by atoms with Crippen LogP contribution >= 0.6 is 11.6 Å². The molecule has 0 bridgehead atoms. The number of amides is 1. The van der Waals surface area contributed by atoms with Gasteiger partial charge in [-0.25, -0.2) is 8.42 Å². The first-order valence-corrected chi connectivity index (χ1v) is 11.5. The van der Waals surface area contributed by atoms with E-state index in [2.05, 4.69) is 5.32 Å². The lowest BCUT2D eigenvalue weighted by Crippen LogP contribution is -2.27. The minimum absolute atomic E-state index is 0.229. The van der Waals surface area contributed by atoms with E-state index in [-0.39, 0.29) is 5.91 Å². The van der Waals surface area contributed by atoms with Crippen molar-refractivity contribution in [1.82, 2.24) is 4.31 Å². The second-order valence-electron chi connectivity index (χ2n) is 7.18. The highest BCUT2D eigenvalue weighted by Crippen LogP contribution is 2.26. The van der Waals surface area contributed by atoms with E-state index in [1.807, 2.05) is 6.07 Å². The average molecular weight is 441 g/mol. The minimum Gasteiger partial charge on any atom is -0.322 e. The Morgan fingerprint density at radius 3 is 2.20 bits per heavy atom. The molecule has 0 spiro atoms. The molecular weight excluding hydrogens is 420 g/mol. The summed E-state index contributed by atoms with van der Waals surface area (Å²) in [7, 11) is -3.44. The van der Waals surface area contributed by atoms with Crippen molar-refractivity contribution in [2.75, 3.05) is 18.4 Å². The van der Waals surface area contributed by atoms with Gasteiger partial charge in [0.2, 0.25) is 10.0 Å². The van der Waals surface area contributed by atoms with Gasteiger partial charge in [-0.2, -0.15) is 4.31 Å². The number of nitrogens with one attached hydrogen (secondary N) is 1. The molecule has 3 aromatic carbocycles. The van der Waals surface area contributed by atoms with Crippen molar-refractivity contribution in [3.05, 3.63) is 83.4 Å². The van der Waals surface area contributed by atoms with Gasteiger partial charge in [-0.05, 0) is 72.5 Å².